The highest BCUT2D eigenvalue weighted by Crippen LogP contribution is 2.14. The van der Waals surface area contributed by atoms with Crippen LogP contribution in [0, 0.1) is 0 Å². The van der Waals surface area contributed by atoms with E-state index in [1.807, 2.05) is 7.05 Å². The predicted octanol–water partition coefficient (Wildman–Crippen LogP) is 15.9. The molecule has 0 saturated carbocycles. The van der Waals surface area contributed by atoms with Crippen LogP contribution in [0.4, 0.5) is 0 Å². The molecule has 0 aliphatic carbocycles. The molecule has 0 rings (SSSR count). The molecule has 0 aromatic carbocycles. The minimum absolute atomic E-state index is 0.0406. The third-order valence-electron chi connectivity index (χ3n) is 16.0. The molecule has 12 nitrogen and oxygen atoms in total. The summed E-state index contributed by atoms with van der Waals surface area (Å²) in [6, 6.07) is 0. The van der Waals surface area contributed by atoms with Gasteiger partial charge >= 0.3 is 17.9 Å². The molecule has 0 fully saturated rings. The predicted molar refractivity (Wildman–Crippen MR) is 345 cm³/mol. The van der Waals surface area contributed by atoms with Gasteiger partial charge in [0.25, 0.3) is 0 Å². The standard InChI is InChI=1S/C42H85N3O4.C26H55N3O2/c1-6-9-11-13-15-17-19-21-23-25-27-39-48-41(46)31-37-43(4)33-29-35-45(8-3)36-30-34-44(5)38-32-42(47)49-40-28-26-24-22-20-18-16-14-12-10-7-2;1-5-7-8-9-10-11-12-13-14-15-16-25-31-26(30)19-24-28(4)21-18-23-29(6-2)22-17-20-27-3/h6-40H2,1-5H3;27H,5-25H2,1-4H3. The Labute approximate surface area is 498 Å². The van der Waals surface area contributed by atoms with Gasteiger partial charge in [0.1, 0.15) is 0 Å². The average molecular weight is 1140 g/mol. The molecule has 0 aromatic rings. The van der Waals surface area contributed by atoms with Gasteiger partial charge in [0.05, 0.1) is 39.1 Å². The monoisotopic (exact) mass is 1140 g/mol. The molecule has 80 heavy (non-hydrogen) atoms. The van der Waals surface area contributed by atoms with E-state index in [9.17, 15) is 14.4 Å². The number of carbonyl (C=O) groups is 3. The Balaban J connectivity index is 0. The zero-order valence-corrected chi connectivity index (χ0v) is 55.3. The molecule has 1 N–H and O–H groups in total. The van der Waals surface area contributed by atoms with Crippen LogP contribution in [0.2, 0.25) is 0 Å². The summed E-state index contributed by atoms with van der Waals surface area (Å²) < 4.78 is 16.4. The molecule has 0 spiro atoms. The number of hydrogen-bond donors (Lipinski definition) is 1. The van der Waals surface area contributed by atoms with Gasteiger partial charge in [-0.05, 0) is 139 Å². The SMILES string of the molecule is CCCCCCCCCCCCCOC(=O)CCN(C)CCCN(CC)CCCN(C)CCC(=O)OCCCCCCCCCCCCC.CCCCCCCCCCCCCOC(=O)CCN(C)CCCN(CC)CCCNC. The van der Waals surface area contributed by atoms with Crippen LogP contribution < -0.4 is 5.32 Å². The lowest BCUT2D eigenvalue weighted by Gasteiger charge is -2.24. The smallest absolute Gasteiger partial charge is 0.307 e. The van der Waals surface area contributed by atoms with E-state index in [4.69, 9.17) is 14.2 Å². The summed E-state index contributed by atoms with van der Waals surface area (Å²) in [6.07, 6.45) is 49.2. The van der Waals surface area contributed by atoms with Crippen molar-refractivity contribution in [3.63, 3.8) is 0 Å². The topological polar surface area (TPSA) is 107 Å². The quantitative estimate of drug-likeness (QED) is 0.0356. The number of nitrogens with one attached hydrogen (secondary N) is 1. The summed E-state index contributed by atoms with van der Waals surface area (Å²) in [5, 5.41) is 3.21. The van der Waals surface area contributed by atoms with Crippen molar-refractivity contribution in [2.45, 2.75) is 291 Å². The maximum atomic E-state index is 12.2. The Morgan fingerprint density at radius 3 is 0.738 bits per heavy atom. The van der Waals surface area contributed by atoms with E-state index < -0.39 is 0 Å². The van der Waals surface area contributed by atoms with Crippen molar-refractivity contribution in [1.29, 1.82) is 0 Å². The van der Waals surface area contributed by atoms with Crippen molar-refractivity contribution in [2.24, 2.45) is 0 Å². The molecule has 0 aromatic heterocycles. The van der Waals surface area contributed by atoms with Gasteiger partial charge in [-0.15, -0.1) is 0 Å². The summed E-state index contributed by atoms with van der Waals surface area (Å²) in [5.41, 5.74) is 0. The average Bonchev–Trinajstić information content (AvgIpc) is 3.45. The fourth-order valence-corrected chi connectivity index (χ4v) is 10.3. The summed E-state index contributed by atoms with van der Waals surface area (Å²) in [7, 11) is 8.32. The highest BCUT2D eigenvalue weighted by atomic mass is 16.5. The van der Waals surface area contributed by atoms with Crippen molar-refractivity contribution in [3.8, 4) is 0 Å². The van der Waals surface area contributed by atoms with Gasteiger partial charge < -0.3 is 44.0 Å². The van der Waals surface area contributed by atoms with Gasteiger partial charge in [0, 0.05) is 19.6 Å². The molecule has 0 unspecified atom stereocenters. The fraction of sp³-hybridized carbons (Fsp3) is 0.956. The van der Waals surface area contributed by atoms with Crippen LogP contribution in [-0.4, -0.2) is 176 Å². The minimum Gasteiger partial charge on any atom is -0.466 e. The first-order valence-electron chi connectivity index (χ1n) is 34.7. The molecule has 0 aliphatic rings. The highest BCUT2D eigenvalue weighted by molar-refractivity contribution is 5.70. The third kappa shape index (κ3) is 63.7. The van der Waals surface area contributed by atoms with Crippen LogP contribution in [0.25, 0.3) is 0 Å². The number of rotatable bonds is 63. The minimum atomic E-state index is -0.0594. The zero-order valence-electron chi connectivity index (χ0n) is 55.3. The first-order chi connectivity index (χ1) is 39.1. The van der Waals surface area contributed by atoms with E-state index in [0.717, 1.165) is 124 Å². The first-order valence-corrected chi connectivity index (χ1v) is 34.7. The van der Waals surface area contributed by atoms with E-state index >= 15 is 0 Å². The van der Waals surface area contributed by atoms with Gasteiger partial charge in [-0.2, -0.15) is 0 Å². The lowest BCUT2D eigenvalue weighted by molar-refractivity contribution is -0.145. The third-order valence-corrected chi connectivity index (χ3v) is 16.0. The zero-order chi connectivity index (χ0) is 59.0. The number of ether oxygens (including phenoxy) is 3. The molecule has 0 amide bonds. The summed E-state index contributed by atoms with van der Waals surface area (Å²) in [4.78, 5) is 48.0. The lowest BCUT2D eigenvalue weighted by atomic mass is 10.1. The molecular formula is C68H140N6O6. The van der Waals surface area contributed by atoms with Crippen molar-refractivity contribution in [2.75, 3.05) is 133 Å². The Kier molecular flexibility index (Phi) is 66.5. The van der Waals surface area contributed by atoms with E-state index in [2.05, 4.69) is 85.6 Å². The number of hydrogen-bond acceptors (Lipinski definition) is 12. The fourth-order valence-electron chi connectivity index (χ4n) is 10.3. The normalized spacial score (nSPS) is 11.6. The molecule has 0 atom stereocenters. The second kappa shape index (κ2) is 66.3. The second-order valence-corrected chi connectivity index (χ2v) is 23.8. The van der Waals surface area contributed by atoms with Crippen LogP contribution in [0.15, 0.2) is 0 Å². The van der Waals surface area contributed by atoms with Crippen LogP contribution in [0.1, 0.15) is 291 Å². The number of carbonyl (C=O) groups excluding carboxylic acids is 3. The van der Waals surface area contributed by atoms with E-state index in [1.165, 1.54) is 199 Å². The van der Waals surface area contributed by atoms with Crippen LogP contribution in [-0.2, 0) is 28.6 Å². The molecule has 0 heterocycles. The van der Waals surface area contributed by atoms with Crippen molar-refractivity contribution < 1.29 is 28.6 Å². The molecule has 0 aliphatic heterocycles. The van der Waals surface area contributed by atoms with Gasteiger partial charge in [0.2, 0.25) is 0 Å². The van der Waals surface area contributed by atoms with E-state index in [0.29, 0.717) is 39.1 Å². The summed E-state index contributed by atoms with van der Waals surface area (Å²) >= 11 is 0. The Bertz CT molecular complexity index is 1210. The van der Waals surface area contributed by atoms with Crippen LogP contribution >= 0.6 is 0 Å². The largest absolute Gasteiger partial charge is 0.466 e. The van der Waals surface area contributed by atoms with Gasteiger partial charge in [-0.1, -0.05) is 227 Å². The van der Waals surface area contributed by atoms with Crippen molar-refractivity contribution in [1.82, 2.24) is 29.8 Å². The Hall–Kier alpha value is -1.83. The van der Waals surface area contributed by atoms with Crippen LogP contribution in [0.3, 0.4) is 0 Å². The number of nitrogens with zero attached hydrogens (tertiary/aromatic N) is 5. The summed E-state index contributed by atoms with van der Waals surface area (Å²) in [5.74, 6) is -0.159. The van der Waals surface area contributed by atoms with Crippen LogP contribution in [0.5, 0.6) is 0 Å². The van der Waals surface area contributed by atoms with Gasteiger partial charge in [-0.3, -0.25) is 14.4 Å². The van der Waals surface area contributed by atoms with E-state index in [-0.39, 0.29) is 17.9 Å². The number of unbranched alkanes of at least 4 members (excludes halogenated alkanes) is 30. The molecule has 0 bridgehead atoms. The second-order valence-electron chi connectivity index (χ2n) is 23.8. The maximum Gasteiger partial charge on any atom is 0.307 e. The van der Waals surface area contributed by atoms with Crippen molar-refractivity contribution >= 4 is 17.9 Å². The number of esters is 3. The molecule has 478 valence electrons. The summed E-state index contributed by atoms with van der Waals surface area (Å²) in [6.45, 7) is 26.0. The van der Waals surface area contributed by atoms with Gasteiger partial charge in [0.15, 0.2) is 0 Å². The highest BCUT2D eigenvalue weighted by Gasteiger charge is 2.11. The molecule has 0 saturated heterocycles. The molecular weight excluding hydrogens is 997 g/mol. The molecule has 0 radical (unpaired) electrons. The van der Waals surface area contributed by atoms with Crippen molar-refractivity contribution in [3.05, 3.63) is 0 Å². The lowest BCUT2D eigenvalue weighted by Crippen LogP contribution is -2.32. The maximum absolute atomic E-state index is 12.2. The Morgan fingerprint density at radius 2 is 0.512 bits per heavy atom. The first kappa shape index (κ1) is 80.2. The van der Waals surface area contributed by atoms with E-state index in [1.54, 1.807) is 0 Å². The Morgan fingerprint density at radius 1 is 0.287 bits per heavy atom. The van der Waals surface area contributed by atoms with Gasteiger partial charge in [-0.25, -0.2) is 0 Å². The molecule has 12 heteroatoms.